The molecule has 0 aromatic rings. The lowest BCUT2D eigenvalue weighted by Gasteiger charge is -1.65. The first-order chi connectivity index (χ1) is 8.41. The van der Waals surface area contributed by atoms with Gasteiger partial charge in [-0.05, 0) is 0 Å². The molecular weight excluding hydrogens is 378 g/mol. The summed E-state index contributed by atoms with van der Waals surface area (Å²) in [5.74, 6) is 0. The summed E-state index contributed by atoms with van der Waals surface area (Å²) in [4.78, 5) is 0. The van der Waals surface area contributed by atoms with Gasteiger partial charge in [-0.1, -0.05) is 20.5 Å². The summed E-state index contributed by atoms with van der Waals surface area (Å²) >= 11 is -0.750. The number of halogens is 3. The highest BCUT2D eigenvalue weighted by molar-refractivity contribution is 8.31. The van der Waals surface area contributed by atoms with Crippen LogP contribution >= 0.6 is 32.0 Å². The van der Waals surface area contributed by atoms with Crippen LogP contribution in [0.2, 0.25) is 20.5 Å². The lowest BCUT2D eigenvalue weighted by atomic mass is 10.2. The van der Waals surface area contributed by atoms with Gasteiger partial charge >= 0.3 is 19.8 Å². The SMILES string of the molecule is O=S(=O)(Cl)Cl.O=S=O.[B]C.[B]C.[B]C.[B]S(=O)(=O)Cl. The average molecular weight is 387 g/mol. The van der Waals surface area contributed by atoms with Crippen molar-refractivity contribution in [3.63, 3.8) is 0 Å². The third-order valence-corrected chi connectivity index (χ3v) is 0. The fourth-order valence-electron chi connectivity index (χ4n) is 0. The van der Waals surface area contributed by atoms with Crippen molar-refractivity contribution in [2.24, 2.45) is 0 Å². The minimum absolute atomic E-state index is 0.750. The number of hydrogen-bond acceptors (Lipinski definition) is 6. The standard InChI is InChI=1S/3CH3B.BClO2S.Cl2O2S.O2S/c3*1-2;2*1-5(2,3)4;1-3-2/h3*1H3;;;. The van der Waals surface area contributed by atoms with Gasteiger partial charge in [-0.3, -0.25) is 0 Å². The van der Waals surface area contributed by atoms with Crippen molar-refractivity contribution in [3.8, 4) is 0 Å². The Morgan fingerprint density at radius 3 is 0.737 bits per heavy atom. The second-order valence-electron chi connectivity index (χ2n) is 0.922. The number of rotatable bonds is 0. The van der Waals surface area contributed by atoms with E-state index >= 15 is 0 Å². The summed E-state index contributed by atoms with van der Waals surface area (Å²) in [6.45, 7) is 4.50. The van der Waals surface area contributed by atoms with Crippen LogP contribution < -0.4 is 0 Å². The Hall–Kier alpha value is 0.850. The van der Waals surface area contributed by atoms with Gasteiger partial charge in [-0.15, -0.1) is 0 Å². The molecule has 0 saturated heterocycles. The molecule has 108 valence electrons. The van der Waals surface area contributed by atoms with E-state index in [1.807, 2.05) is 0 Å². The van der Waals surface area contributed by atoms with Crippen LogP contribution in [-0.4, -0.2) is 55.9 Å². The first kappa shape index (κ1) is 36.8. The fraction of sp³-hybridized carbons (Fsp3) is 1.00. The molecule has 8 radical (unpaired) electrons. The van der Waals surface area contributed by atoms with Crippen LogP contribution in [0.3, 0.4) is 0 Å². The smallest absolute Gasteiger partial charge is 0.227 e. The normalized spacial score (nSPS) is 7.47. The molecule has 0 aliphatic rings. The third-order valence-electron chi connectivity index (χ3n) is 0. The van der Waals surface area contributed by atoms with Crippen molar-refractivity contribution in [1.29, 1.82) is 0 Å². The largest absolute Gasteiger partial charge is 0.335 e. The first-order valence-corrected chi connectivity index (χ1v) is 9.61. The van der Waals surface area contributed by atoms with Crippen molar-refractivity contribution in [1.82, 2.24) is 0 Å². The first-order valence-electron chi connectivity index (χ1n) is 3.43. The van der Waals surface area contributed by atoms with Crippen LogP contribution in [-0.2, 0) is 28.7 Å². The van der Waals surface area contributed by atoms with Crippen molar-refractivity contribution >= 4 is 91.4 Å². The molecule has 0 atom stereocenters. The summed E-state index contributed by atoms with van der Waals surface area (Å²) in [6, 6.07) is 0. The minimum Gasteiger partial charge on any atom is -0.227 e. The molecule has 19 heavy (non-hydrogen) atoms. The zero-order valence-electron chi connectivity index (χ0n) is 10.1. The van der Waals surface area contributed by atoms with E-state index in [4.69, 9.17) is 16.8 Å². The minimum atomic E-state index is -3.72. The van der Waals surface area contributed by atoms with Crippen LogP contribution in [0.5, 0.6) is 0 Å². The Balaban J connectivity index is -0.0000000284. The highest BCUT2D eigenvalue weighted by Gasteiger charge is 1.88. The van der Waals surface area contributed by atoms with Crippen molar-refractivity contribution in [2.45, 2.75) is 20.5 Å². The molecule has 0 aliphatic carbocycles. The predicted molar refractivity (Wildman–Crippen MR) is 84.9 cm³/mol. The average Bonchev–Trinajstić information content (AvgIpc) is 2.22. The van der Waals surface area contributed by atoms with E-state index in [9.17, 15) is 8.42 Å². The van der Waals surface area contributed by atoms with Crippen LogP contribution in [0.15, 0.2) is 0 Å². The summed E-state index contributed by atoms with van der Waals surface area (Å²) in [7, 11) is 23.0. The lowest BCUT2D eigenvalue weighted by molar-refractivity contribution is 0.620. The van der Waals surface area contributed by atoms with Gasteiger partial charge in [0.15, 0.2) is 8.90 Å². The second-order valence-corrected chi connectivity index (χ2v) is 6.97. The van der Waals surface area contributed by atoms with Crippen LogP contribution in [0.1, 0.15) is 0 Å². The molecule has 0 heterocycles. The number of hydrogen-bond donors (Lipinski definition) is 0. The van der Waals surface area contributed by atoms with E-state index in [0.29, 0.717) is 0 Å². The van der Waals surface area contributed by atoms with Gasteiger partial charge in [0.1, 0.15) is 0 Å². The Morgan fingerprint density at radius 2 is 0.737 bits per heavy atom. The predicted octanol–water partition coefficient (Wildman–Crippen LogP) is 0.286. The molecular formula is C3H9B4Cl3O6S3. The Kier molecular flexibility index (Phi) is 60.6. The van der Waals surface area contributed by atoms with E-state index in [1.165, 1.54) is 20.5 Å². The molecule has 0 rings (SSSR count). The molecule has 0 aliphatic heterocycles. The van der Waals surface area contributed by atoms with Gasteiger partial charge in [0.2, 0.25) is 0 Å². The van der Waals surface area contributed by atoms with Gasteiger partial charge in [0, 0.05) is 32.0 Å². The van der Waals surface area contributed by atoms with E-state index in [0.717, 1.165) is 0 Å². The third kappa shape index (κ3) is 7410. The molecule has 0 bridgehead atoms. The maximum atomic E-state index is 9.18. The Labute approximate surface area is 136 Å². The summed E-state index contributed by atoms with van der Waals surface area (Å²) in [5.41, 5.74) is 0. The van der Waals surface area contributed by atoms with E-state index in [2.05, 4.69) is 62.7 Å². The maximum absolute atomic E-state index is 9.18. The van der Waals surface area contributed by atoms with E-state index < -0.39 is 28.7 Å². The van der Waals surface area contributed by atoms with Crippen LogP contribution in [0.25, 0.3) is 0 Å². The summed E-state index contributed by atoms with van der Waals surface area (Å²) < 4.78 is 53.3. The van der Waals surface area contributed by atoms with Crippen molar-refractivity contribution < 1.29 is 25.3 Å². The summed E-state index contributed by atoms with van der Waals surface area (Å²) in [5, 5.41) is 0. The lowest BCUT2D eigenvalue weighted by Crippen LogP contribution is -1.79. The molecule has 0 spiro atoms. The van der Waals surface area contributed by atoms with Crippen molar-refractivity contribution in [2.75, 3.05) is 0 Å². The Morgan fingerprint density at radius 1 is 0.737 bits per heavy atom. The highest BCUT2D eigenvalue weighted by Crippen LogP contribution is 1.98. The summed E-state index contributed by atoms with van der Waals surface area (Å²) in [6.07, 6.45) is 0. The topological polar surface area (TPSA) is 102 Å². The van der Waals surface area contributed by atoms with Gasteiger partial charge < -0.3 is 0 Å². The molecule has 0 aromatic heterocycles. The van der Waals surface area contributed by atoms with E-state index in [-0.39, 0.29) is 0 Å². The van der Waals surface area contributed by atoms with Crippen molar-refractivity contribution in [3.05, 3.63) is 0 Å². The fourth-order valence-corrected chi connectivity index (χ4v) is 0. The molecule has 0 saturated carbocycles. The van der Waals surface area contributed by atoms with Gasteiger partial charge in [0.05, 0.1) is 23.5 Å². The Bertz CT molecular complexity index is 307. The highest BCUT2D eigenvalue weighted by atomic mass is 36.0. The molecule has 6 nitrogen and oxygen atoms in total. The van der Waals surface area contributed by atoms with Crippen LogP contribution in [0, 0.1) is 0 Å². The zero-order chi connectivity index (χ0) is 17.7. The van der Waals surface area contributed by atoms with Gasteiger partial charge in [0.25, 0.3) is 7.12 Å². The maximum Gasteiger partial charge on any atom is 0.335 e. The zero-order valence-corrected chi connectivity index (χ0v) is 14.8. The molecule has 0 aromatic carbocycles. The van der Waals surface area contributed by atoms with Gasteiger partial charge in [-0.2, -0.15) is 16.8 Å². The van der Waals surface area contributed by atoms with Gasteiger partial charge in [-0.25, -0.2) is 8.42 Å². The monoisotopic (exact) mass is 386 g/mol. The second kappa shape index (κ2) is 31.3. The van der Waals surface area contributed by atoms with E-state index in [1.54, 1.807) is 0 Å². The molecule has 0 amide bonds. The molecule has 0 fully saturated rings. The molecule has 0 unspecified atom stereocenters. The van der Waals surface area contributed by atoms with Crippen LogP contribution in [0.4, 0.5) is 0 Å². The molecule has 0 N–H and O–H groups in total. The molecule has 16 heteroatoms. The quantitative estimate of drug-likeness (QED) is 0.438.